The van der Waals surface area contributed by atoms with Gasteiger partial charge in [-0.1, -0.05) is 45.0 Å². The molecular formula is C16H23NO. The highest BCUT2D eigenvalue weighted by Crippen LogP contribution is 2.31. The lowest BCUT2D eigenvalue weighted by atomic mass is 9.79. The molecule has 2 heteroatoms. The van der Waals surface area contributed by atoms with Crippen molar-refractivity contribution in [2.45, 2.75) is 52.0 Å². The van der Waals surface area contributed by atoms with E-state index in [4.69, 9.17) is 0 Å². The van der Waals surface area contributed by atoms with Gasteiger partial charge in [-0.2, -0.15) is 0 Å². The number of aryl methyl sites for hydroxylation is 1. The van der Waals surface area contributed by atoms with Crippen LogP contribution in [0.25, 0.3) is 0 Å². The molecule has 0 aromatic heterocycles. The summed E-state index contributed by atoms with van der Waals surface area (Å²) in [6.07, 6.45) is 3.65. The predicted molar refractivity (Wildman–Crippen MR) is 74.5 cm³/mol. The topological polar surface area (TPSA) is 29.1 Å². The summed E-state index contributed by atoms with van der Waals surface area (Å²) in [5.74, 6) is 0.670. The molecule has 1 aromatic carbocycles. The van der Waals surface area contributed by atoms with Crippen molar-refractivity contribution >= 4 is 5.91 Å². The first-order chi connectivity index (χ1) is 8.55. The summed E-state index contributed by atoms with van der Waals surface area (Å²) in [7, 11) is 0. The van der Waals surface area contributed by atoms with E-state index in [9.17, 15) is 4.79 Å². The number of nitrogens with one attached hydrogen (secondary N) is 1. The van der Waals surface area contributed by atoms with Crippen LogP contribution in [0.5, 0.6) is 0 Å². The minimum Gasteiger partial charge on any atom is -0.350 e. The zero-order valence-corrected chi connectivity index (χ0v) is 11.6. The predicted octanol–water partition coefficient (Wildman–Crippen LogP) is 3.10. The number of benzene rings is 1. The fraction of sp³-hybridized carbons (Fsp3) is 0.562. The number of rotatable bonds is 4. The van der Waals surface area contributed by atoms with Gasteiger partial charge >= 0.3 is 0 Å². The Hall–Kier alpha value is -1.31. The summed E-state index contributed by atoms with van der Waals surface area (Å²) in [6.45, 7) is 6.57. The van der Waals surface area contributed by atoms with Gasteiger partial charge in [0.15, 0.2) is 0 Å². The van der Waals surface area contributed by atoms with Crippen molar-refractivity contribution in [1.82, 2.24) is 5.32 Å². The lowest BCUT2D eigenvalue weighted by Gasteiger charge is -2.33. The molecule has 1 atom stereocenters. The van der Waals surface area contributed by atoms with Crippen LogP contribution in [0.4, 0.5) is 0 Å². The molecule has 1 aliphatic rings. The standard InChI is InChI=1S/C16H23NO/c1-4-13-5-7-14(8-6-13)11-16(12(2)3)10-9-15(18)17-16/h5-8,12H,4,9-11H2,1-3H3,(H,17,18). The molecule has 0 spiro atoms. The fourth-order valence-corrected chi connectivity index (χ4v) is 2.77. The van der Waals surface area contributed by atoms with Crippen molar-refractivity contribution in [3.8, 4) is 0 Å². The van der Waals surface area contributed by atoms with E-state index in [1.54, 1.807) is 0 Å². The van der Waals surface area contributed by atoms with Crippen molar-refractivity contribution in [1.29, 1.82) is 0 Å². The molecule has 1 saturated heterocycles. The van der Waals surface area contributed by atoms with Crippen LogP contribution >= 0.6 is 0 Å². The summed E-state index contributed by atoms with van der Waals surface area (Å²) in [4.78, 5) is 11.5. The molecule has 18 heavy (non-hydrogen) atoms. The second-order valence-electron chi connectivity index (χ2n) is 5.71. The third kappa shape index (κ3) is 2.58. The van der Waals surface area contributed by atoms with E-state index in [-0.39, 0.29) is 11.4 Å². The van der Waals surface area contributed by atoms with Crippen LogP contribution in [0.3, 0.4) is 0 Å². The first-order valence-corrected chi connectivity index (χ1v) is 6.94. The Morgan fingerprint density at radius 2 is 1.83 bits per heavy atom. The van der Waals surface area contributed by atoms with Gasteiger partial charge in [-0.25, -0.2) is 0 Å². The average molecular weight is 245 g/mol. The van der Waals surface area contributed by atoms with Gasteiger partial charge in [0.25, 0.3) is 0 Å². The third-order valence-electron chi connectivity index (χ3n) is 4.24. The number of carbonyl (C=O) groups excluding carboxylic acids is 1. The highest BCUT2D eigenvalue weighted by molar-refractivity contribution is 5.79. The Morgan fingerprint density at radius 1 is 1.22 bits per heavy atom. The number of carbonyl (C=O) groups is 1. The van der Waals surface area contributed by atoms with Crippen LogP contribution < -0.4 is 5.32 Å². The third-order valence-corrected chi connectivity index (χ3v) is 4.24. The molecule has 1 amide bonds. The normalized spacial score (nSPS) is 23.4. The Bertz CT molecular complexity index is 421. The smallest absolute Gasteiger partial charge is 0.220 e. The van der Waals surface area contributed by atoms with Crippen molar-refractivity contribution in [3.63, 3.8) is 0 Å². The van der Waals surface area contributed by atoms with Crippen molar-refractivity contribution in [2.75, 3.05) is 0 Å². The minimum absolute atomic E-state index is 0.0369. The fourth-order valence-electron chi connectivity index (χ4n) is 2.77. The van der Waals surface area contributed by atoms with E-state index in [2.05, 4.69) is 50.4 Å². The maximum absolute atomic E-state index is 11.5. The zero-order valence-electron chi connectivity index (χ0n) is 11.6. The first-order valence-electron chi connectivity index (χ1n) is 6.94. The second-order valence-corrected chi connectivity index (χ2v) is 5.71. The Morgan fingerprint density at radius 3 is 2.28 bits per heavy atom. The lowest BCUT2D eigenvalue weighted by molar-refractivity contribution is -0.120. The van der Waals surface area contributed by atoms with Crippen molar-refractivity contribution < 1.29 is 4.79 Å². The molecule has 1 aliphatic heterocycles. The van der Waals surface area contributed by atoms with Crippen LogP contribution in [-0.4, -0.2) is 11.4 Å². The van der Waals surface area contributed by atoms with Gasteiger partial charge in [-0.15, -0.1) is 0 Å². The molecule has 0 saturated carbocycles. The quantitative estimate of drug-likeness (QED) is 0.867. The van der Waals surface area contributed by atoms with E-state index in [0.29, 0.717) is 12.3 Å². The second kappa shape index (κ2) is 5.13. The molecule has 1 fully saturated rings. The van der Waals surface area contributed by atoms with Crippen LogP contribution in [0, 0.1) is 5.92 Å². The molecule has 0 aliphatic carbocycles. The SMILES string of the molecule is CCc1ccc(CC2(C(C)C)CCC(=O)N2)cc1. The van der Waals surface area contributed by atoms with Crippen molar-refractivity contribution in [3.05, 3.63) is 35.4 Å². The molecular weight excluding hydrogens is 222 g/mol. The number of amides is 1. The molecule has 98 valence electrons. The van der Waals surface area contributed by atoms with Gasteiger partial charge in [0.2, 0.25) is 5.91 Å². The molecule has 2 nitrogen and oxygen atoms in total. The molecule has 1 aromatic rings. The summed E-state index contributed by atoms with van der Waals surface area (Å²) in [5.41, 5.74) is 2.65. The highest BCUT2D eigenvalue weighted by atomic mass is 16.2. The Labute approximate surface area is 110 Å². The molecule has 1 N–H and O–H groups in total. The number of hydrogen-bond acceptors (Lipinski definition) is 1. The summed E-state index contributed by atoms with van der Waals surface area (Å²) in [6, 6.07) is 8.79. The zero-order chi connectivity index (χ0) is 13.2. The van der Waals surface area contributed by atoms with E-state index < -0.39 is 0 Å². The van der Waals surface area contributed by atoms with E-state index in [1.165, 1.54) is 11.1 Å². The largest absolute Gasteiger partial charge is 0.350 e. The van der Waals surface area contributed by atoms with Gasteiger partial charge in [-0.3, -0.25) is 4.79 Å². The van der Waals surface area contributed by atoms with Crippen molar-refractivity contribution in [2.24, 2.45) is 5.92 Å². The molecule has 2 rings (SSSR count). The van der Waals surface area contributed by atoms with Gasteiger partial charge in [0.05, 0.1) is 0 Å². The molecule has 1 unspecified atom stereocenters. The van der Waals surface area contributed by atoms with Gasteiger partial charge in [-0.05, 0) is 36.3 Å². The van der Waals surface area contributed by atoms with Crippen LogP contribution in [0.2, 0.25) is 0 Å². The Kier molecular flexibility index (Phi) is 3.74. The summed E-state index contributed by atoms with van der Waals surface area (Å²) >= 11 is 0. The maximum Gasteiger partial charge on any atom is 0.220 e. The highest BCUT2D eigenvalue weighted by Gasteiger charge is 2.40. The molecule has 0 bridgehead atoms. The first kappa shape index (κ1) is 13.1. The van der Waals surface area contributed by atoms with Crippen LogP contribution in [0.15, 0.2) is 24.3 Å². The summed E-state index contributed by atoms with van der Waals surface area (Å²) in [5, 5.41) is 3.20. The average Bonchev–Trinajstić information content (AvgIpc) is 2.73. The van der Waals surface area contributed by atoms with Gasteiger partial charge < -0.3 is 5.32 Å². The Balaban J connectivity index is 2.16. The minimum atomic E-state index is -0.0369. The van der Waals surface area contributed by atoms with Gasteiger partial charge in [0, 0.05) is 12.0 Å². The number of hydrogen-bond donors (Lipinski definition) is 1. The summed E-state index contributed by atoms with van der Waals surface area (Å²) < 4.78 is 0. The lowest BCUT2D eigenvalue weighted by Crippen LogP contribution is -2.48. The van der Waals surface area contributed by atoms with E-state index >= 15 is 0 Å². The van der Waals surface area contributed by atoms with E-state index in [1.807, 2.05) is 0 Å². The monoisotopic (exact) mass is 245 g/mol. The van der Waals surface area contributed by atoms with Gasteiger partial charge in [0.1, 0.15) is 0 Å². The van der Waals surface area contributed by atoms with E-state index in [0.717, 1.165) is 19.3 Å². The molecule has 1 heterocycles. The van der Waals surface area contributed by atoms with Crippen LogP contribution in [0.1, 0.15) is 44.7 Å². The van der Waals surface area contributed by atoms with Crippen LogP contribution in [-0.2, 0) is 17.6 Å². The maximum atomic E-state index is 11.5. The molecule has 0 radical (unpaired) electrons.